The highest BCUT2D eigenvalue weighted by atomic mass is 19.1. The topological polar surface area (TPSA) is 41.4 Å². The fourth-order valence-electron chi connectivity index (χ4n) is 3.27. The number of hydrogen-bond acceptors (Lipinski definition) is 3. The summed E-state index contributed by atoms with van der Waals surface area (Å²) in [6.07, 6.45) is 3.62. The molecule has 0 atom stereocenters. The third kappa shape index (κ3) is 3.20. The Balaban J connectivity index is 1.41. The van der Waals surface area contributed by atoms with Gasteiger partial charge in [-0.1, -0.05) is 6.07 Å². The molecule has 0 N–H and O–H groups in total. The first-order chi connectivity index (χ1) is 12.2. The third-order valence-electron chi connectivity index (χ3n) is 4.65. The van der Waals surface area contributed by atoms with Crippen molar-refractivity contribution in [3.05, 3.63) is 60.7 Å². The number of carbonyl (C=O) groups is 1. The van der Waals surface area contributed by atoms with Crippen LogP contribution < -0.4 is 4.90 Å². The van der Waals surface area contributed by atoms with Crippen molar-refractivity contribution in [1.82, 2.24) is 14.5 Å². The molecule has 5 nitrogen and oxygen atoms in total. The Morgan fingerprint density at radius 3 is 2.68 bits per heavy atom. The Kier molecular flexibility index (Phi) is 4.09. The van der Waals surface area contributed by atoms with Crippen LogP contribution in [0.15, 0.2) is 54.9 Å². The minimum atomic E-state index is -0.288. The van der Waals surface area contributed by atoms with Crippen LogP contribution in [0.5, 0.6) is 0 Å². The van der Waals surface area contributed by atoms with Crippen LogP contribution in [0.3, 0.4) is 0 Å². The van der Waals surface area contributed by atoms with Gasteiger partial charge in [0.15, 0.2) is 0 Å². The molecule has 4 rings (SSSR count). The second-order valence-corrected chi connectivity index (χ2v) is 6.20. The molecule has 3 aromatic rings. The number of carbonyl (C=O) groups excluding carboxylic acids is 1. The van der Waals surface area contributed by atoms with Gasteiger partial charge in [0.2, 0.25) is 5.91 Å². The molecule has 0 bridgehead atoms. The Bertz CT molecular complexity index is 885. The Morgan fingerprint density at radius 1 is 1.08 bits per heavy atom. The van der Waals surface area contributed by atoms with E-state index in [1.54, 1.807) is 12.3 Å². The van der Waals surface area contributed by atoms with Gasteiger partial charge in [0.05, 0.1) is 5.52 Å². The van der Waals surface area contributed by atoms with Gasteiger partial charge < -0.3 is 14.4 Å². The number of aromatic nitrogens is 2. The van der Waals surface area contributed by atoms with Gasteiger partial charge in [0, 0.05) is 38.6 Å². The first kappa shape index (κ1) is 15.6. The maximum absolute atomic E-state index is 13.5. The average Bonchev–Trinajstić information content (AvgIpc) is 3.04. The molecular formula is C19H19FN4O. The molecule has 3 heterocycles. The van der Waals surface area contributed by atoms with E-state index in [0.29, 0.717) is 13.1 Å². The van der Waals surface area contributed by atoms with Crippen molar-refractivity contribution < 1.29 is 9.18 Å². The van der Waals surface area contributed by atoms with Crippen LogP contribution in [-0.2, 0) is 11.3 Å². The SMILES string of the molecule is O=C(Cn1ccc2ccc(F)cc21)N1CCN(c2ccccn2)CC1. The number of nitrogens with zero attached hydrogens (tertiary/aromatic N) is 4. The number of anilines is 1. The number of benzene rings is 1. The third-order valence-corrected chi connectivity index (χ3v) is 4.65. The van der Waals surface area contributed by atoms with Crippen LogP contribution in [0, 0.1) is 5.82 Å². The molecule has 1 aliphatic rings. The van der Waals surface area contributed by atoms with E-state index in [1.165, 1.54) is 12.1 Å². The van der Waals surface area contributed by atoms with Gasteiger partial charge in [-0.25, -0.2) is 9.37 Å². The van der Waals surface area contributed by atoms with E-state index in [1.807, 2.05) is 39.9 Å². The lowest BCUT2D eigenvalue weighted by Gasteiger charge is -2.35. The first-order valence-corrected chi connectivity index (χ1v) is 8.39. The molecule has 1 aliphatic heterocycles. The molecule has 0 aliphatic carbocycles. The van der Waals surface area contributed by atoms with Crippen molar-refractivity contribution >= 4 is 22.6 Å². The molecule has 0 saturated carbocycles. The number of fused-ring (bicyclic) bond motifs is 1. The molecule has 0 unspecified atom stereocenters. The van der Waals surface area contributed by atoms with Crippen molar-refractivity contribution in [1.29, 1.82) is 0 Å². The fourth-order valence-corrected chi connectivity index (χ4v) is 3.27. The zero-order valence-electron chi connectivity index (χ0n) is 13.8. The number of pyridine rings is 1. The lowest BCUT2D eigenvalue weighted by atomic mass is 10.2. The van der Waals surface area contributed by atoms with E-state index in [4.69, 9.17) is 0 Å². The molecule has 6 heteroatoms. The van der Waals surface area contributed by atoms with Crippen LogP contribution >= 0.6 is 0 Å². The Hall–Kier alpha value is -2.89. The number of halogens is 1. The minimum absolute atomic E-state index is 0.0578. The van der Waals surface area contributed by atoms with E-state index >= 15 is 0 Å². The Morgan fingerprint density at radius 2 is 1.92 bits per heavy atom. The molecule has 128 valence electrons. The molecular weight excluding hydrogens is 319 g/mol. The van der Waals surface area contributed by atoms with Gasteiger partial charge in [-0.05, 0) is 41.8 Å². The summed E-state index contributed by atoms with van der Waals surface area (Å²) < 4.78 is 15.3. The highest BCUT2D eigenvalue weighted by molar-refractivity contribution is 5.83. The maximum Gasteiger partial charge on any atom is 0.242 e. The average molecular weight is 338 g/mol. The summed E-state index contributed by atoms with van der Waals surface area (Å²) in [7, 11) is 0. The number of hydrogen-bond donors (Lipinski definition) is 0. The van der Waals surface area contributed by atoms with Crippen molar-refractivity contribution in [3.8, 4) is 0 Å². The van der Waals surface area contributed by atoms with Crippen LogP contribution in [0.4, 0.5) is 10.2 Å². The fraction of sp³-hybridized carbons (Fsp3) is 0.263. The predicted octanol–water partition coefficient (Wildman–Crippen LogP) is 2.52. The molecule has 25 heavy (non-hydrogen) atoms. The van der Waals surface area contributed by atoms with E-state index < -0.39 is 0 Å². The molecule has 1 amide bonds. The van der Waals surface area contributed by atoms with Gasteiger partial charge >= 0.3 is 0 Å². The molecule has 2 aromatic heterocycles. The van der Waals surface area contributed by atoms with Crippen LogP contribution in [-0.4, -0.2) is 46.5 Å². The number of rotatable bonds is 3. The molecule has 1 aromatic carbocycles. The zero-order chi connectivity index (χ0) is 17.2. The largest absolute Gasteiger partial charge is 0.353 e. The summed E-state index contributed by atoms with van der Waals surface area (Å²) in [6.45, 7) is 3.11. The Labute approximate surface area is 145 Å². The summed E-state index contributed by atoms with van der Waals surface area (Å²) >= 11 is 0. The molecule has 1 saturated heterocycles. The smallest absolute Gasteiger partial charge is 0.242 e. The summed E-state index contributed by atoms with van der Waals surface area (Å²) in [6, 6.07) is 12.4. The second kappa shape index (κ2) is 6.55. The standard InChI is InChI=1S/C19H19FN4O/c20-16-5-4-15-6-8-24(17(15)13-16)14-19(25)23-11-9-22(10-12-23)18-3-1-2-7-21-18/h1-8,13H,9-12,14H2. The summed E-state index contributed by atoms with van der Waals surface area (Å²) in [5.41, 5.74) is 0.750. The van der Waals surface area contributed by atoms with E-state index in [0.717, 1.165) is 29.8 Å². The number of piperazine rings is 1. The minimum Gasteiger partial charge on any atom is -0.353 e. The first-order valence-electron chi connectivity index (χ1n) is 8.39. The molecule has 0 radical (unpaired) electrons. The van der Waals surface area contributed by atoms with Crippen LogP contribution in [0.1, 0.15) is 0 Å². The van der Waals surface area contributed by atoms with E-state index in [2.05, 4.69) is 9.88 Å². The van der Waals surface area contributed by atoms with Crippen LogP contribution in [0.2, 0.25) is 0 Å². The van der Waals surface area contributed by atoms with Crippen molar-refractivity contribution in [2.75, 3.05) is 31.1 Å². The van der Waals surface area contributed by atoms with E-state index in [-0.39, 0.29) is 18.3 Å². The van der Waals surface area contributed by atoms with Gasteiger partial charge in [-0.2, -0.15) is 0 Å². The number of amides is 1. The lowest BCUT2D eigenvalue weighted by Crippen LogP contribution is -2.49. The summed E-state index contributed by atoms with van der Waals surface area (Å²) in [5, 5.41) is 0.939. The molecule has 1 fully saturated rings. The maximum atomic E-state index is 13.5. The lowest BCUT2D eigenvalue weighted by molar-refractivity contribution is -0.132. The second-order valence-electron chi connectivity index (χ2n) is 6.20. The van der Waals surface area contributed by atoms with Crippen molar-refractivity contribution in [3.63, 3.8) is 0 Å². The van der Waals surface area contributed by atoms with Crippen LogP contribution in [0.25, 0.3) is 10.9 Å². The van der Waals surface area contributed by atoms with Gasteiger partial charge in [-0.3, -0.25) is 4.79 Å². The van der Waals surface area contributed by atoms with Crippen molar-refractivity contribution in [2.24, 2.45) is 0 Å². The van der Waals surface area contributed by atoms with Crippen molar-refractivity contribution in [2.45, 2.75) is 6.54 Å². The van der Waals surface area contributed by atoms with Gasteiger partial charge in [0.25, 0.3) is 0 Å². The van der Waals surface area contributed by atoms with E-state index in [9.17, 15) is 9.18 Å². The van der Waals surface area contributed by atoms with Gasteiger partial charge in [-0.15, -0.1) is 0 Å². The zero-order valence-corrected chi connectivity index (χ0v) is 13.8. The predicted molar refractivity (Wildman–Crippen MR) is 94.9 cm³/mol. The highest BCUT2D eigenvalue weighted by Gasteiger charge is 2.22. The van der Waals surface area contributed by atoms with Gasteiger partial charge in [0.1, 0.15) is 18.2 Å². The summed E-state index contributed by atoms with van der Waals surface area (Å²) in [4.78, 5) is 21.0. The highest BCUT2D eigenvalue weighted by Crippen LogP contribution is 2.18. The monoisotopic (exact) mass is 338 g/mol. The normalized spacial score (nSPS) is 14.9. The quantitative estimate of drug-likeness (QED) is 0.737. The molecule has 0 spiro atoms. The summed E-state index contributed by atoms with van der Waals surface area (Å²) in [5.74, 6) is 0.716.